The zero-order chi connectivity index (χ0) is 25.7. The Kier molecular flexibility index (Phi) is 7.68. The quantitative estimate of drug-likeness (QED) is 0.512. The standard InChI is InChI=1S/C27H31N5O4/c1-17-14-18(2)29-27(28-17)32-12-10-20(11-13-32)26(34)31-22-16-23(35-3)21(15-24(22)36-4)30-25(33)19-8-6-5-7-9-19/h5-9,14-16,20H,10-13H2,1-4H3,(H,30,33)(H,31,34). The fraction of sp³-hybridized carbons (Fsp3) is 0.333. The van der Waals surface area contributed by atoms with Crippen LogP contribution < -0.4 is 25.0 Å². The first-order chi connectivity index (χ1) is 17.4. The fourth-order valence-corrected chi connectivity index (χ4v) is 4.30. The fourth-order valence-electron chi connectivity index (χ4n) is 4.30. The van der Waals surface area contributed by atoms with Gasteiger partial charge in [-0.2, -0.15) is 0 Å². The van der Waals surface area contributed by atoms with E-state index in [2.05, 4.69) is 25.5 Å². The number of hydrogen-bond acceptors (Lipinski definition) is 7. The number of methoxy groups -OCH3 is 2. The summed E-state index contributed by atoms with van der Waals surface area (Å²) in [7, 11) is 3.03. The smallest absolute Gasteiger partial charge is 0.255 e. The lowest BCUT2D eigenvalue weighted by molar-refractivity contribution is -0.120. The molecule has 0 atom stereocenters. The van der Waals surface area contributed by atoms with Crippen LogP contribution >= 0.6 is 0 Å². The summed E-state index contributed by atoms with van der Waals surface area (Å²) >= 11 is 0. The van der Waals surface area contributed by atoms with Crippen molar-refractivity contribution in [1.29, 1.82) is 0 Å². The van der Waals surface area contributed by atoms with E-state index in [1.54, 1.807) is 36.4 Å². The van der Waals surface area contributed by atoms with E-state index in [0.29, 0.717) is 60.3 Å². The number of anilines is 3. The molecule has 0 bridgehead atoms. The molecule has 2 aromatic carbocycles. The van der Waals surface area contributed by atoms with E-state index >= 15 is 0 Å². The molecule has 9 heteroatoms. The Morgan fingerprint density at radius 2 is 1.42 bits per heavy atom. The average Bonchev–Trinajstić information content (AvgIpc) is 2.89. The van der Waals surface area contributed by atoms with Gasteiger partial charge in [-0.3, -0.25) is 9.59 Å². The Balaban J connectivity index is 1.44. The number of piperidine rings is 1. The zero-order valence-corrected chi connectivity index (χ0v) is 21.0. The molecular weight excluding hydrogens is 458 g/mol. The number of hydrogen-bond donors (Lipinski definition) is 2. The molecule has 2 heterocycles. The van der Waals surface area contributed by atoms with E-state index in [1.165, 1.54) is 14.2 Å². The van der Waals surface area contributed by atoms with Crippen molar-refractivity contribution in [3.05, 3.63) is 65.5 Å². The van der Waals surface area contributed by atoms with Crippen LogP contribution in [0.2, 0.25) is 0 Å². The monoisotopic (exact) mass is 489 g/mol. The van der Waals surface area contributed by atoms with Gasteiger partial charge >= 0.3 is 0 Å². The summed E-state index contributed by atoms with van der Waals surface area (Å²) in [5, 5.41) is 5.84. The van der Waals surface area contributed by atoms with Crippen LogP contribution in [0.3, 0.4) is 0 Å². The molecule has 0 saturated carbocycles. The summed E-state index contributed by atoms with van der Waals surface area (Å²) in [4.78, 5) is 36.9. The molecule has 2 N–H and O–H groups in total. The Morgan fingerprint density at radius 3 is 1.97 bits per heavy atom. The molecule has 1 saturated heterocycles. The highest BCUT2D eigenvalue weighted by Crippen LogP contribution is 2.37. The van der Waals surface area contributed by atoms with Crippen LogP contribution in [0.25, 0.3) is 0 Å². The van der Waals surface area contributed by atoms with Gasteiger partial charge < -0.3 is 25.0 Å². The minimum Gasteiger partial charge on any atom is -0.494 e. The molecule has 2 amide bonds. The second kappa shape index (κ2) is 11.1. The van der Waals surface area contributed by atoms with E-state index in [4.69, 9.17) is 9.47 Å². The van der Waals surface area contributed by atoms with Crippen molar-refractivity contribution < 1.29 is 19.1 Å². The van der Waals surface area contributed by atoms with Gasteiger partial charge in [0.2, 0.25) is 11.9 Å². The summed E-state index contributed by atoms with van der Waals surface area (Å²) in [6.07, 6.45) is 1.37. The maximum absolute atomic E-state index is 13.1. The number of carbonyl (C=O) groups is 2. The van der Waals surface area contributed by atoms with Gasteiger partial charge in [0.15, 0.2) is 0 Å². The second-order valence-corrected chi connectivity index (χ2v) is 8.77. The van der Waals surface area contributed by atoms with Crippen LogP contribution in [0.1, 0.15) is 34.6 Å². The number of carbonyl (C=O) groups excluding carboxylic acids is 2. The maximum atomic E-state index is 13.1. The number of nitrogens with one attached hydrogen (secondary N) is 2. The highest BCUT2D eigenvalue weighted by atomic mass is 16.5. The molecule has 1 fully saturated rings. The molecule has 36 heavy (non-hydrogen) atoms. The molecule has 9 nitrogen and oxygen atoms in total. The summed E-state index contributed by atoms with van der Waals surface area (Å²) in [6.45, 7) is 5.31. The normalized spacial score (nSPS) is 13.7. The first-order valence-electron chi connectivity index (χ1n) is 11.9. The van der Waals surface area contributed by atoms with E-state index in [-0.39, 0.29) is 17.7 Å². The predicted molar refractivity (Wildman–Crippen MR) is 139 cm³/mol. The van der Waals surface area contributed by atoms with Crippen LogP contribution in [-0.2, 0) is 4.79 Å². The number of ether oxygens (including phenoxy) is 2. The van der Waals surface area contributed by atoms with Crippen LogP contribution in [-0.4, -0.2) is 49.1 Å². The molecular formula is C27H31N5O4. The molecule has 0 unspecified atom stereocenters. The molecule has 0 spiro atoms. The van der Waals surface area contributed by atoms with Gasteiger partial charge in [-0.25, -0.2) is 9.97 Å². The van der Waals surface area contributed by atoms with Gasteiger partial charge in [-0.1, -0.05) is 18.2 Å². The Hall–Kier alpha value is -4.14. The molecule has 1 aliphatic rings. The third-order valence-electron chi connectivity index (χ3n) is 6.18. The van der Waals surface area contributed by atoms with Crippen molar-refractivity contribution in [3.8, 4) is 11.5 Å². The minimum atomic E-state index is -0.271. The highest BCUT2D eigenvalue weighted by molar-refractivity contribution is 6.05. The summed E-state index contributed by atoms with van der Waals surface area (Å²) in [5.41, 5.74) is 3.32. The Labute approximate surface area is 210 Å². The first-order valence-corrected chi connectivity index (χ1v) is 11.9. The van der Waals surface area contributed by atoms with Gasteiger partial charge in [-0.05, 0) is 44.9 Å². The van der Waals surface area contributed by atoms with Crippen molar-refractivity contribution in [1.82, 2.24) is 9.97 Å². The number of aromatic nitrogens is 2. The summed E-state index contributed by atoms with van der Waals surface area (Å²) in [5.74, 6) is 1.04. The Bertz CT molecular complexity index is 1220. The topological polar surface area (TPSA) is 106 Å². The molecule has 188 valence electrons. The van der Waals surface area contributed by atoms with Gasteiger partial charge in [-0.15, -0.1) is 0 Å². The van der Waals surface area contributed by atoms with Gasteiger partial charge in [0.1, 0.15) is 11.5 Å². The van der Waals surface area contributed by atoms with Crippen molar-refractivity contribution in [2.24, 2.45) is 5.92 Å². The third-order valence-corrected chi connectivity index (χ3v) is 6.18. The summed E-state index contributed by atoms with van der Waals surface area (Å²) in [6, 6.07) is 14.2. The van der Waals surface area contributed by atoms with E-state index in [0.717, 1.165) is 11.4 Å². The molecule has 0 aliphatic carbocycles. The number of nitrogens with zero attached hydrogens (tertiary/aromatic N) is 3. The average molecular weight is 490 g/mol. The van der Waals surface area contributed by atoms with E-state index in [9.17, 15) is 9.59 Å². The van der Waals surface area contributed by atoms with Gasteiger partial charge in [0, 0.05) is 48.1 Å². The molecule has 1 aliphatic heterocycles. The Morgan fingerprint density at radius 1 is 0.861 bits per heavy atom. The lowest BCUT2D eigenvalue weighted by Crippen LogP contribution is -2.39. The second-order valence-electron chi connectivity index (χ2n) is 8.77. The predicted octanol–water partition coefficient (Wildman–Crippen LogP) is 4.22. The number of benzene rings is 2. The molecule has 3 aromatic rings. The molecule has 1 aromatic heterocycles. The van der Waals surface area contributed by atoms with Crippen molar-refractivity contribution in [3.63, 3.8) is 0 Å². The van der Waals surface area contributed by atoms with Crippen LogP contribution in [0.5, 0.6) is 11.5 Å². The zero-order valence-electron chi connectivity index (χ0n) is 21.0. The van der Waals surface area contributed by atoms with Crippen molar-refractivity contribution in [2.45, 2.75) is 26.7 Å². The van der Waals surface area contributed by atoms with E-state index in [1.807, 2.05) is 26.0 Å². The molecule has 0 radical (unpaired) electrons. The van der Waals surface area contributed by atoms with Crippen molar-refractivity contribution >= 4 is 29.1 Å². The molecule has 4 rings (SSSR count). The lowest BCUT2D eigenvalue weighted by Gasteiger charge is -2.31. The largest absolute Gasteiger partial charge is 0.494 e. The van der Waals surface area contributed by atoms with Crippen LogP contribution in [0, 0.1) is 19.8 Å². The van der Waals surface area contributed by atoms with Crippen LogP contribution in [0.15, 0.2) is 48.5 Å². The minimum absolute atomic E-state index is 0.0857. The number of rotatable bonds is 7. The SMILES string of the molecule is COc1cc(NC(=O)C2CCN(c3nc(C)cc(C)n3)CC2)c(OC)cc1NC(=O)c1ccccc1. The highest BCUT2D eigenvalue weighted by Gasteiger charge is 2.27. The lowest BCUT2D eigenvalue weighted by atomic mass is 9.96. The van der Waals surface area contributed by atoms with Crippen LogP contribution in [0.4, 0.5) is 17.3 Å². The van der Waals surface area contributed by atoms with Gasteiger partial charge in [0.05, 0.1) is 25.6 Å². The van der Waals surface area contributed by atoms with E-state index < -0.39 is 0 Å². The van der Waals surface area contributed by atoms with Gasteiger partial charge in [0.25, 0.3) is 5.91 Å². The van der Waals surface area contributed by atoms with Crippen molar-refractivity contribution in [2.75, 3.05) is 42.8 Å². The maximum Gasteiger partial charge on any atom is 0.255 e. The number of aryl methyl sites for hydroxylation is 2. The number of amides is 2. The third kappa shape index (κ3) is 5.73. The summed E-state index contributed by atoms with van der Waals surface area (Å²) < 4.78 is 11.0. The first kappa shape index (κ1) is 25.0.